The van der Waals surface area contributed by atoms with Crippen LogP contribution >= 0.6 is 15.9 Å². The van der Waals surface area contributed by atoms with E-state index in [4.69, 9.17) is 4.74 Å². The van der Waals surface area contributed by atoms with Crippen molar-refractivity contribution in [3.63, 3.8) is 0 Å². The highest BCUT2D eigenvalue weighted by Crippen LogP contribution is 2.23. The topological polar surface area (TPSA) is 41.6 Å². The standard InChI is InChI=1S/C18H21BrN2O2/c1-18(2,23-16-11-5-13(19)6-12-16)17(22)20-14-7-9-15(10-8-14)21(3)4/h5-12H,1-4H3,(H,20,22). The summed E-state index contributed by atoms with van der Waals surface area (Å²) in [7, 11) is 3.95. The Labute approximate surface area is 145 Å². The van der Waals surface area contributed by atoms with Gasteiger partial charge in [-0.25, -0.2) is 0 Å². The highest BCUT2D eigenvalue weighted by atomic mass is 79.9. The van der Waals surface area contributed by atoms with E-state index in [1.807, 2.05) is 67.5 Å². The first kappa shape index (κ1) is 17.3. The third-order valence-electron chi connectivity index (χ3n) is 3.38. The summed E-state index contributed by atoms with van der Waals surface area (Å²) >= 11 is 3.38. The average Bonchev–Trinajstić information content (AvgIpc) is 2.50. The first-order chi connectivity index (χ1) is 10.8. The van der Waals surface area contributed by atoms with Crippen LogP contribution in [0.3, 0.4) is 0 Å². The van der Waals surface area contributed by atoms with Crippen LogP contribution < -0.4 is 15.0 Å². The Hall–Kier alpha value is -2.01. The molecular formula is C18H21BrN2O2. The number of benzene rings is 2. The van der Waals surface area contributed by atoms with Crippen molar-refractivity contribution >= 4 is 33.2 Å². The summed E-state index contributed by atoms with van der Waals surface area (Å²) in [6, 6.07) is 15.1. The number of carbonyl (C=O) groups is 1. The van der Waals surface area contributed by atoms with Gasteiger partial charge < -0.3 is 15.0 Å². The highest BCUT2D eigenvalue weighted by Gasteiger charge is 2.30. The molecule has 0 saturated heterocycles. The molecule has 0 aliphatic carbocycles. The predicted molar refractivity (Wildman–Crippen MR) is 98.2 cm³/mol. The number of rotatable bonds is 5. The zero-order valence-electron chi connectivity index (χ0n) is 13.8. The van der Waals surface area contributed by atoms with Crippen LogP contribution in [0.25, 0.3) is 0 Å². The SMILES string of the molecule is CN(C)c1ccc(NC(=O)C(C)(C)Oc2ccc(Br)cc2)cc1. The fourth-order valence-corrected chi connectivity index (χ4v) is 2.23. The van der Waals surface area contributed by atoms with Crippen LogP contribution in [0, 0.1) is 0 Å². The van der Waals surface area contributed by atoms with Gasteiger partial charge in [-0.2, -0.15) is 0 Å². The van der Waals surface area contributed by atoms with Crippen LogP contribution in [0.4, 0.5) is 11.4 Å². The first-order valence-electron chi connectivity index (χ1n) is 7.31. The molecule has 0 atom stereocenters. The largest absolute Gasteiger partial charge is 0.478 e. The van der Waals surface area contributed by atoms with E-state index < -0.39 is 5.60 Å². The first-order valence-corrected chi connectivity index (χ1v) is 8.11. The van der Waals surface area contributed by atoms with Crippen LogP contribution in [0.5, 0.6) is 5.75 Å². The Balaban J connectivity index is 2.04. The van der Waals surface area contributed by atoms with Crippen LogP contribution in [-0.2, 0) is 4.79 Å². The van der Waals surface area contributed by atoms with E-state index in [2.05, 4.69) is 21.2 Å². The maximum absolute atomic E-state index is 12.5. The third-order valence-corrected chi connectivity index (χ3v) is 3.90. The maximum Gasteiger partial charge on any atom is 0.267 e. The summed E-state index contributed by atoms with van der Waals surface area (Å²) in [4.78, 5) is 14.5. The molecule has 4 nitrogen and oxygen atoms in total. The number of halogens is 1. The van der Waals surface area contributed by atoms with E-state index in [0.29, 0.717) is 5.75 Å². The lowest BCUT2D eigenvalue weighted by Gasteiger charge is -2.25. The monoisotopic (exact) mass is 376 g/mol. The number of carbonyl (C=O) groups excluding carboxylic acids is 1. The second kappa shape index (κ2) is 7.04. The minimum atomic E-state index is -0.978. The number of ether oxygens (including phenoxy) is 1. The zero-order valence-corrected chi connectivity index (χ0v) is 15.3. The molecule has 0 aliphatic heterocycles. The Morgan fingerprint density at radius 1 is 1.04 bits per heavy atom. The number of hydrogen-bond acceptors (Lipinski definition) is 3. The van der Waals surface area contributed by atoms with Gasteiger partial charge >= 0.3 is 0 Å². The summed E-state index contributed by atoms with van der Waals surface area (Å²) in [5.41, 5.74) is 0.843. The maximum atomic E-state index is 12.5. The molecule has 0 aromatic heterocycles. The number of nitrogens with one attached hydrogen (secondary N) is 1. The molecule has 2 aromatic rings. The number of amides is 1. The molecule has 0 radical (unpaired) electrons. The lowest BCUT2D eigenvalue weighted by molar-refractivity contribution is -0.128. The van der Waals surface area contributed by atoms with Gasteiger partial charge in [0.1, 0.15) is 5.75 Å². The average molecular weight is 377 g/mol. The van der Waals surface area contributed by atoms with Gasteiger partial charge in [-0.3, -0.25) is 4.79 Å². The summed E-state index contributed by atoms with van der Waals surface area (Å²) in [6.07, 6.45) is 0. The molecule has 0 spiro atoms. The van der Waals surface area contributed by atoms with E-state index >= 15 is 0 Å². The van der Waals surface area contributed by atoms with E-state index in [1.165, 1.54) is 0 Å². The summed E-state index contributed by atoms with van der Waals surface area (Å²) in [5.74, 6) is 0.453. The molecule has 1 amide bonds. The molecule has 0 unspecified atom stereocenters. The lowest BCUT2D eigenvalue weighted by atomic mass is 10.1. The van der Waals surface area contributed by atoms with Crippen LogP contribution in [0.1, 0.15) is 13.8 Å². The van der Waals surface area contributed by atoms with Crippen LogP contribution in [-0.4, -0.2) is 25.6 Å². The molecule has 1 N–H and O–H groups in total. The van der Waals surface area contributed by atoms with Crippen molar-refractivity contribution in [2.24, 2.45) is 0 Å². The zero-order chi connectivity index (χ0) is 17.0. The Bertz CT molecular complexity index is 664. The summed E-state index contributed by atoms with van der Waals surface area (Å²) < 4.78 is 6.78. The molecule has 23 heavy (non-hydrogen) atoms. The Kier molecular flexibility index (Phi) is 5.31. The van der Waals surface area contributed by atoms with Gasteiger partial charge in [0, 0.05) is 29.9 Å². The Morgan fingerprint density at radius 2 is 1.61 bits per heavy atom. The van der Waals surface area contributed by atoms with Gasteiger partial charge in [-0.1, -0.05) is 15.9 Å². The fraction of sp³-hybridized carbons (Fsp3) is 0.278. The van der Waals surface area contributed by atoms with E-state index in [-0.39, 0.29) is 5.91 Å². The smallest absolute Gasteiger partial charge is 0.267 e. The van der Waals surface area contributed by atoms with Crippen molar-refractivity contribution in [3.05, 3.63) is 53.0 Å². The molecular weight excluding hydrogens is 356 g/mol. The molecule has 0 aliphatic rings. The highest BCUT2D eigenvalue weighted by molar-refractivity contribution is 9.10. The van der Waals surface area contributed by atoms with Gasteiger partial charge in [0.2, 0.25) is 0 Å². The molecule has 5 heteroatoms. The van der Waals surface area contributed by atoms with Crippen molar-refractivity contribution in [2.45, 2.75) is 19.4 Å². The number of nitrogens with zero attached hydrogens (tertiary/aromatic N) is 1. The molecule has 0 saturated carbocycles. The van der Waals surface area contributed by atoms with E-state index in [1.54, 1.807) is 13.8 Å². The lowest BCUT2D eigenvalue weighted by Crippen LogP contribution is -2.42. The Morgan fingerprint density at radius 3 is 2.13 bits per heavy atom. The van der Waals surface area contributed by atoms with Gasteiger partial charge in [0.15, 0.2) is 5.60 Å². The third kappa shape index (κ3) is 4.73. The molecule has 0 heterocycles. The van der Waals surface area contributed by atoms with Crippen molar-refractivity contribution in [1.29, 1.82) is 0 Å². The molecule has 122 valence electrons. The minimum Gasteiger partial charge on any atom is -0.478 e. The van der Waals surface area contributed by atoms with Crippen molar-refractivity contribution in [1.82, 2.24) is 0 Å². The summed E-state index contributed by atoms with van der Waals surface area (Å²) in [5, 5.41) is 2.89. The van der Waals surface area contributed by atoms with Gasteiger partial charge in [0.25, 0.3) is 5.91 Å². The quantitative estimate of drug-likeness (QED) is 0.844. The van der Waals surface area contributed by atoms with E-state index in [9.17, 15) is 4.79 Å². The second-order valence-corrected chi connectivity index (χ2v) is 6.88. The second-order valence-electron chi connectivity index (χ2n) is 5.96. The van der Waals surface area contributed by atoms with Crippen molar-refractivity contribution in [2.75, 3.05) is 24.3 Å². The molecule has 0 fully saturated rings. The normalized spacial score (nSPS) is 11.0. The number of anilines is 2. The van der Waals surface area contributed by atoms with Gasteiger partial charge in [-0.15, -0.1) is 0 Å². The van der Waals surface area contributed by atoms with Gasteiger partial charge in [-0.05, 0) is 62.4 Å². The van der Waals surface area contributed by atoms with E-state index in [0.717, 1.165) is 15.8 Å². The van der Waals surface area contributed by atoms with Crippen LogP contribution in [0.2, 0.25) is 0 Å². The molecule has 2 aromatic carbocycles. The van der Waals surface area contributed by atoms with Crippen molar-refractivity contribution in [3.8, 4) is 5.75 Å². The van der Waals surface area contributed by atoms with Crippen molar-refractivity contribution < 1.29 is 9.53 Å². The number of hydrogen-bond donors (Lipinski definition) is 1. The fourth-order valence-electron chi connectivity index (χ4n) is 1.97. The summed E-state index contributed by atoms with van der Waals surface area (Å²) in [6.45, 7) is 3.50. The van der Waals surface area contributed by atoms with Crippen LogP contribution in [0.15, 0.2) is 53.0 Å². The van der Waals surface area contributed by atoms with Gasteiger partial charge in [0.05, 0.1) is 0 Å². The predicted octanol–water partition coefficient (Wildman–Crippen LogP) is 4.31. The molecule has 2 rings (SSSR count). The minimum absolute atomic E-state index is 0.196. The molecule has 0 bridgehead atoms.